The lowest BCUT2D eigenvalue weighted by atomic mass is 9.89. The largest absolute Gasteiger partial charge is 0.374 e. The summed E-state index contributed by atoms with van der Waals surface area (Å²) in [7, 11) is 0. The van der Waals surface area contributed by atoms with E-state index in [0.29, 0.717) is 37.0 Å². The summed E-state index contributed by atoms with van der Waals surface area (Å²) in [6.45, 7) is 4.40. The van der Waals surface area contributed by atoms with Crippen molar-refractivity contribution in [2.45, 2.75) is 64.0 Å². The zero-order chi connectivity index (χ0) is 13.7. The first kappa shape index (κ1) is 14.8. The first-order valence-electron chi connectivity index (χ1n) is 7.83. The van der Waals surface area contributed by atoms with E-state index in [9.17, 15) is 4.79 Å². The average molecular weight is 268 g/mol. The number of hydrogen-bond donors (Lipinski definition) is 1. The maximum Gasteiger partial charge on any atom is 0.222 e. The number of rotatable bonds is 5. The van der Waals surface area contributed by atoms with Crippen molar-refractivity contribution in [3.05, 3.63) is 0 Å². The van der Waals surface area contributed by atoms with Gasteiger partial charge in [0.2, 0.25) is 5.91 Å². The van der Waals surface area contributed by atoms with Gasteiger partial charge in [-0.05, 0) is 38.1 Å². The number of morpholine rings is 1. The molecule has 0 spiro atoms. The summed E-state index contributed by atoms with van der Waals surface area (Å²) in [5, 5.41) is 0. The Morgan fingerprint density at radius 3 is 2.95 bits per heavy atom. The summed E-state index contributed by atoms with van der Waals surface area (Å²) in [6.07, 6.45) is 7.67. The molecule has 2 aliphatic rings. The van der Waals surface area contributed by atoms with Crippen LogP contribution in [0.3, 0.4) is 0 Å². The van der Waals surface area contributed by atoms with Gasteiger partial charge in [-0.25, -0.2) is 0 Å². The van der Waals surface area contributed by atoms with Crippen molar-refractivity contribution in [1.29, 1.82) is 0 Å². The molecule has 4 nitrogen and oxygen atoms in total. The van der Waals surface area contributed by atoms with E-state index >= 15 is 0 Å². The maximum atomic E-state index is 12.4. The summed E-state index contributed by atoms with van der Waals surface area (Å²) in [5.41, 5.74) is 5.55. The predicted molar refractivity (Wildman–Crippen MR) is 75.8 cm³/mol. The minimum atomic E-state index is 0.299. The smallest absolute Gasteiger partial charge is 0.222 e. The average Bonchev–Trinajstić information content (AvgIpc) is 2.44. The number of carbonyl (C=O) groups is 1. The van der Waals surface area contributed by atoms with Crippen molar-refractivity contribution in [3.8, 4) is 0 Å². The number of hydrogen-bond acceptors (Lipinski definition) is 3. The molecule has 0 radical (unpaired) electrons. The van der Waals surface area contributed by atoms with Gasteiger partial charge in [-0.15, -0.1) is 0 Å². The minimum Gasteiger partial charge on any atom is -0.374 e. The molecule has 3 unspecified atom stereocenters. The molecule has 1 amide bonds. The zero-order valence-corrected chi connectivity index (χ0v) is 12.1. The molecule has 2 N–H and O–H groups in total. The van der Waals surface area contributed by atoms with Gasteiger partial charge in [-0.1, -0.05) is 19.8 Å². The Kier molecular flexibility index (Phi) is 5.64. The van der Waals surface area contributed by atoms with E-state index in [1.807, 2.05) is 0 Å². The molecule has 0 aromatic heterocycles. The Bertz CT molecular complexity index is 294. The molecular weight excluding hydrogens is 240 g/mol. The zero-order valence-electron chi connectivity index (χ0n) is 12.1. The van der Waals surface area contributed by atoms with Crippen LogP contribution in [0.4, 0.5) is 0 Å². The fourth-order valence-electron chi connectivity index (χ4n) is 3.35. The number of amides is 1. The van der Waals surface area contributed by atoms with Gasteiger partial charge in [0.05, 0.1) is 18.8 Å². The predicted octanol–water partition coefficient (Wildman–Crippen LogP) is 1.92. The molecule has 4 heteroatoms. The Balaban J connectivity index is 1.83. The molecule has 0 aromatic carbocycles. The lowest BCUT2D eigenvalue weighted by Crippen LogP contribution is -2.54. The fraction of sp³-hybridized carbons (Fsp3) is 0.933. The fourth-order valence-corrected chi connectivity index (χ4v) is 3.35. The Morgan fingerprint density at radius 1 is 1.37 bits per heavy atom. The second-order valence-corrected chi connectivity index (χ2v) is 6.07. The third kappa shape index (κ3) is 3.93. The van der Waals surface area contributed by atoms with E-state index in [0.717, 1.165) is 38.8 Å². The van der Waals surface area contributed by atoms with Crippen LogP contribution in [0, 0.1) is 5.92 Å². The van der Waals surface area contributed by atoms with Crippen molar-refractivity contribution in [1.82, 2.24) is 4.90 Å². The lowest BCUT2D eigenvalue weighted by Gasteiger charge is -2.44. The van der Waals surface area contributed by atoms with Gasteiger partial charge in [-0.2, -0.15) is 0 Å². The number of ether oxygens (including phenoxy) is 1. The van der Waals surface area contributed by atoms with E-state index in [-0.39, 0.29) is 0 Å². The molecule has 0 bridgehead atoms. The van der Waals surface area contributed by atoms with Crippen LogP contribution in [0.1, 0.15) is 51.9 Å². The van der Waals surface area contributed by atoms with Gasteiger partial charge in [0.25, 0.3) is 0 Å². The van der Waals surface area contributed by atoms with Gasteiger partial charge < -0.3 is 15.4 Å². The Morgan fingerprint density at radius 2 is 2.16 bits per heavy atom. The van der Waals surface area contributed by atoms with Crippen LogP contribution in [-0.2, 0) is 9.53 Å². The van der Waals surface area contributed by atoms with Crippen molar-refractivity contribution in [2.75, 3.05) is 19.7 Å². The first-order chi connectivity index (χ1) is 9.22. The van der Waals surface area contributed by atoms with E-state index in [1.54, 1.807) is 0 Å². The van der Waals surface area contributed by atoms with Gasteiger partial charge in [0, 0.05) is 13.0 Å². The SMILES string of the molecule is CC(CCN)CCC(=O)N1CCOC2CCCCC21. The molecule has 0 aromatic rings. The van der Waals surface area contributed by atoms with Crippen LogP contribution in [0.25, 0.3) is 0 Å². The van der Waals surface area contributed by atoms with Gasteiger partial charge in [0.1, 0.15) is 0 Å². The maximum absolute atomic E-state index is 12.4. The molecule has 19 heavy (non-hydrogen) atoms. The van der Waals surface area contributed by atoms with Crippen molar-refractivity contribution < 1.29 is 9.53 Å². The molecule has 2 rings (SSSR count). The molecule has 3 atom stereocenters. The van der Waals surface area contributed by atoms with Crippen LogP contribution in [0.2, 0.25) is 0 Å². The molecule has 1 aliphatic carbocycles. The molecule has 1 aliphatic heterocycles. The van der Waals surface area contributed by atoms with Gasteiger partial charge >= 0.3 is 0 Å². The minimum absolute atomic E-state index is 0.299. The second-order valence-electron chi connectivity index (χ2n) is 6.07. The highest BCUT2D eigenvalue weighted by atomic mass is 16.5. The van der Waals surface area contributed by atoms with Crippen LogP contribution in [-0.4, -0.2) is 42.6 Å². The molecule has 1 saturated heterocycles. The summed E-state index contributed by atoms with van der Waals surface area (Å²) in [6, 6.07) is 0.347. The Labute approximate surface area is 116 Å². The van der Waals surface area contributed by atoms with E-state index in [4.69, 9.17) is 10.5 Å². The van der Waals surface area contributed by atoms with Gasteiger partial charge in [-0.3, -0.25) is 4.79 Å². The van der Waals surface area contributed by atoms with E-state index in [2.05, 4.69) is 11.8 Å². The van der Waals surface area contributed by atoms with Crippen LogP contribution < -0.4 is 5.73 Å². The highest BCUT2D eigenvalue weighted by Gasteiger charge is 2.36. The number of nitrogens with two attached hydrogens (primary N) is 1. The normalized spacial score (nSPS) is 28.8. The summed E-state index contributed by atoms with van der Waals surface area (Å²) in [5.74, 6) is 0.876. The van der Waals surface area contributed by atoms with Crippen molar-refractivity contribution >= 4 is 5.91 Å². The second kappa shape index (κ2) is 7.25. The van der Waals surface area contributed by atoms with E-state index in [1.165, 1.54) is 12.8 Å². The third-order valence-electron chi connectivity index (χ3n) is 4.56. The highest BCUT2D eigenvalue weighted by Crippen LogP contribution is 2.29. The monoisotopic (exact) mass is 268 g/mol. The summed E-state index contributed by atoms with van der Waals surface area (Å²) >= 11 is 0. The summed E-state index contributed by atoms with van der Waals surface area (Å²) < 4.78 is 5.82. The summed E-state index contributed by atoms with van der Waals surface area (Å²) in [4.78, 5) is 14.5. The number of nitrogens with zero attached hydrogens (tertiary/aromatic N) is 1. The van der Waals surface area contributed by atoms with Crippen molar-refractivity contribution in [2.24, 2.45) is 11.7 Å². The van der Waals surface area contributed by atoms with Crippen LogP contribution in [0.15, 0.2) is 0 Å². The Hall–Kier alpha value is -0.610. The van der Waals surface area contributed by atoms with Crippen LogP contribution in [0.5, 0.6) is 0 Å². The lowest BCUT2D eigenvalue weighted by molar-refractivity contribution is -0.149. The van der Waals surface area contributed by atoms with Crippen molar-refractivity contribution in [3.63, 3.8) is 0 Å². The molecular formula is C15H28N2O2. The number of fused-ring (bicyclic) bond motifs is 1. The van der Waals surface area contributed by atoms with Gasteiger partial charge in [0.15, 0.2) is 0 Å². The number of carbonyl (C=O) groups excluding carboxylic acids is 1. The molecule has 1 heterocycles. The molecule has 2 fully saturated rings. The topological polar surface area (TPSA) is 55.6 Å². The van der Waals surface area contributed by atoms with Crippen LogP contribution >= 0.6 is 0 Å². The molecule has 110 valence electrons. The van der Waals surface area contributed by atoms with E-state index < -0.39 is 0 Å². The third-order valence-corrected chi connectivity index (χ3v) is 4.56. The quantitative estimate of drug-likeness (QED) is 0.829. The molecule has 1 saturated carbocycles. The standard InChI is InChI=1S/C15H28N2O2/c1-12(8-9-16)6-7-15(18)17-10-11-19-14-5-3-2-4-13(14)17/h12-14H,2-11,16H2,1H3. The first-order valence-corrected chi connectivity index (χ1v) is 7.83. The highest BCUT2D eigenvalue weighted by molar-refractivity contribution is 5.76.